The number of likely N-dealkylation sites (tertiary alicyclic amines) is 1. The summed E-state index contributed by atoms with van der Waals surface area (Å²) < 4.78 is 7.20. The second-order valence-electron chi connectivity index (χ2n) is 11.4. The van der Waals surface area contributed by atoms with Crippen LogP contribution in [0, 0.1) is 0 Å². The second kappa shape index (κ2) is 8.07. The minimum atomic E-state index is -0.430. The normalized spacial score (nSPS) is 31.5. The summed E-state index contributed by atoms with van der Waals surface area (Å²) in [4.78, 5) is 15.5. The van der Waals surface area contributed by atoms with Gasteiger partial charge in [0.25, 0.3) is 5.91 Å². The van der Waals surface area contributed by atoms with Crippen molar-refractivity contribution in [3.05, 3.63) is 95.1 Å². The quantitative estimate of drug-likeness (QED) is 0.491. The molecule has 3 aliphatic heterocycles. The fourth-order valence-corrected chi connectivity index (χ4v) is 8.00. The molecule has 0 radical (unpaired) electrons. The molecule has 0 aromatic heterocycles. The lowest BCUT2D eigenvalue weighted by Crippen LogP contribution is -2.69. The molecule has 3 N–H and O–H groups in total. The van der Waals surface area contributed by atoms with Gasteiger partial charge in [0.2, 0.25) is 0 Å². The van der Waals surface area contributed by atoms with Crippen molar-refractivity contribution in [2.24, 2.45) is 0 Å². The molecule has 3 saturated heterocycles. The molecule has 0 unspecified atom stereocenters. The molecule has 4 aliphatic rings. The Hall–Kier alpha value is -3.35. The summed E-state index contributed by atoms with van der Waals surface area (Å²) in [5.41, 5.74) is 3.47. The molecule has 3 aromatic carbocycles. The Morgan fingerprint density at radius 3 is 2.57 bits per heavy atom. The number of nitrogens with one attached hydrogen (secondary N) is 1. The van der Waals surface area contributed by atoms with Crippen molar-refractivity contribution in [3.63, 3.8) is 0 Å². The number of ether oxygens (including phenoxy) is 1. The van der Waals surface area contributed by atoms with Crippen LogP contribution in [0.3, 0.4) is 0 Å². The van der Waals surface area contributed by atoms with Gasteiger partial charge in [-0.2, -0.15) is 0 Å². The van der Waals surface area contributed by atoms with Gasteiger partial charge < -0.3 is 20.3 Å². The third-order valence-corrected chi connectivity index (χ3v) is 9.54. The first-order valence-electron chi connectivity index (χ1n) is 13.3. The highest BCUT2D eigenvalue weighted by atomic mass is 16.5. The fraction of sp³-hybridized carbons (Fsp3) is 0.387. The van der Waals surface area contributed by atoms with Gasteiger partial charge in [0.15, 0.2) is 0 Å². The van der Waals surface area contributed by atoms with Crippen molar-refractivity contribution >= 4 is 5.91 Å². The predicted octanol–water partition coefficient (Wildman–Crippen LogP) is 4.29. The van der Waals surface area contributed by atoms with Gasteiger partial charge >= 0.3 is 0 Å². The molecular formula is C31H32N2O4. The number of phenols is 2. The van der Waals surface area contributed by atoms with Crippen molar-refractivity contribution in [1.82, 2.24) is 10.2 Å². The summed E-state index contributed by atoms with van der Waals surface area (Å²) in [5, 5.41) is 23.2. The average Bonchev–Trinajstić information content (AvgIpc) is 3.43. The lowest BCUT2D eigenvalue weighted by Gasteiger charge is -2.60. The van der Waals surface area contributed by atoms with Gasteiger partial charge in [0.1, 0.15) is 11.5 Å². The van der Waals surface area contributed by atoms with E-state index in [1.165, 1.54) is 28.8 Å². The molecule has 190 valence electrons. The maximum absolute atomic E-state index is 12.9. The van der Waals surface area contributed by atoms with Crippen molar-refractivity contribution in [2.45, 2.75) is 61.3 Å². The first-order chi connectivity index (χ1) is 17.9. The summed E-state index contributed by atoms with van der Waals surface area (Å²) in [7, 11) is 0. The molecule has 4 atom stereocenters. The minimum Gasteiger partial charge on any atom is -0.508 e. The number of aromatic hydroxyl groups is 2. The van der Waals surface area contributed by atoms with Crippen LogP contribution in [0.15, 0.2) is 72.8 Å². The summed E-state index contributed by atoms with van der Waals surface area (Å²) >= 11 is 0. The van der Waals surface area contributed by atoms with Crippen LogP contribution >= 0.6 is 0 Å². The number of hydrogen-bond acceptors (Lipinski definition) is 5. The monoisotopic (exact) mass is 496 g/mol. The number of phenolic OH excluding ortho intramolecular Hbond substituents is 2. The van der Waals surface area contributed by atoms with E-state index in [4.69, 9.17) is 4.74 Å². The summed E-state index contributed by atoms with van der Waals surface area (Å²) in [6, 6.07) is 23.1. The number of fused-ring (bicyclic) bond motifs is 2. The highest BCUT2D eigenvalue weighted by Crippen LogP contribution is 2.69. The Balaban J connectivity index is 1.23. The number of carbonyl (C=O) groups is 1. The molecule has 6 nitrogen and oxygen atoms in total. The highest BCUT2D eigenvalue weighted by Gasteiger charge is 2.75. The van der Waals surface area contributed by atoms with E-state index in [0.717, 1.165) is 45.2 Å². The zero-order valence-corrected chi connectivity index (χ0v) is 20.8. The minimum absolute atomic E-state index is 0.143. The molecule has 3 fully saturated rings. The number of carbonyl (C=O) groups excluding carboxylic acids is 1. The van der Waals surface area contributed by atoms with Gasteiger partial charge in [-0.15, -0.1) is 0 Å². The number of piperidine rings is 1. The van der Waals surface area contributed by atoms with Crippen LogP contribution in [0.1, 0.15) is 52.7 Å². The van der Waals surface area contributed by atoms with E-state index in [1.54, 1.807) is 12.1 Å². The van der Waals surface area contributed by atoms with Crippen LogP contribution in [0.4, 0.5) is 0 Å². The van der Waals surface area contributed by atoms with E-state index >= 15 is 0 Å². The number of amides is 1. The SMILES string of the molecule is O=C(NC[C@]12CC[C@@]3(O1)[C@H]1Cc4ccc(O)cc4[C@@]3(CCN1Cc1ccccc1)C2)c1ccc(O)cc1. The second-order valence-corrected chi connectivity index (χ2v) is 11.4. The standard InChI is InChI=1S/C31H32N2O4/c34-24-9-6-22(7-10-24)28(36)32-20-29-12-13-31(37-29)27-16-23-8-11-25(35)17-26(23)30(31,19-29)14-15-33(27)18-21-4-2-1-3-5-21/h1-11,17,27,34-35H,12-16,18-20H2,(H,32,36)/t27-,29-,30-,31-/m1/s1. The Kier molecular flexibility index (Phi) is 4.98. The summed E-state index contributed by atoms with van der Waals surface area (Å²) in [6.07, 6.45) is 4.59. The van der Waals surface area contributed by atoms with Gasteiger partial charge in [-0.25, -0.2) is 0 Å². The van der Waals surface area contributed by atoms with E-state index in [-0.39, 0.29) is 28.7 Å². The van der Waals surface area contributed by atoms with Crippen molar-refractivity contribution in [1.29, 1.82) is 0 Å². The van der Waals surface area contributed by atoms with Crippen molar-refractivity contribution < 1.29 is 19.7 Å². The van der Waals surface area contributed by atoms with Crippen LogP contribution in [-0.2, 0) is 23.1 Å². The van der Waals surface area contributed by atoms with Crippen molar-refractivity contribution in [2.75, 3.05) is 13.1 Å². The molecule has 0 saturated carbocycles. The number of nitrogens with zero attached hydrogens (tertiary/aromatic N) is 1. The van der Waals surface area contributed by atoms with Crippen LogP contribution in [-0.4, -0.2) is 51.4 Å². The molecule has 37 heavy (non-hydrogen) atoms. The lowest BCUT2D eigenvalue weighted by molar-refractivity contribution is -0.140. The molecule has 4 bridgehead atoms. The maximum atomic E-state index is 12.9. The molecule has 7 rings (SSSR count). The van der Waals surface area contributed by atoms with Crippen LogP contribution < -0.4 is 5.32 Å². The Morgan fingerprint density at radius 2 is 1.76 bits per heavy atom. The van der Waals surface area contributed by atoms with Crippen LogP contribution in [0.25, 0.3) is 0 Å². The Morgan fingerprint density at radius 1 is 0.973 bits per heavy atom. The third kappa shape index (κ3) is 3.35. The Labute approximate surface area is 216 Å². The molecule has 3 heterocycles. The molecular weight excluding hydrogens is 464 g/mol. The highest BCUT2D eigenvalue weighted by molar-refractivity contribution is 5.94. The number of benzene rings is 3. The van der Waals surface area contributed by atoms with E-state index in [1.807, 2.05) is 12.1 Å². The lowest BCUT2D eigenvalue weighted by atomic mass is 9.50. The predicted molar refractivity (Wildman–Crippen MR) is 140 cm³/mol. The van der Waals surface area contributed by atoms with Gasteiger partial charge in [0.05, 0.1) is 11.2 Å². The maximum Gasteiger partial charge on any atom is 0.251 e. The van der Waals surface area contributed by atoms with Gasteiger partial charge in [-0.1, -0.05) is 36.4 Å². The van der Waals surface area contributed by atoms with Gasteiger partial charge in [0, 0.05) is 30.1 Å². The van der Waals surface area contributed by atoms with E-state index < -0.39 is 5.60 Å². The van der Waals surface area contributed by atoms with Crippen LogP contribution in [0.2, 0.25) is 0 Å². The fourth-order valence-electron chi connectivity index (χ4n) is 8.00. The Bertz CT molecular complexity index is 1360. The molecule has 1 amide bonds. The molecule has 1 spiro atoms. The molecule has 3 aromatic rings. The van der Waals surface area contributed by atoms with E-state index in [9.17, 15) is 15.0 Å². The largest absolute Gasteiger partial charge is 0.508 e. The zero-order valence-electron chi connectivity index (χ0n) is 20.8. The summed E-state index contributed by atoms with van der Waals surface area (Å²) in [6.45, 7) is 2.33. The van der Waals surface area contributed by atoms with Gasteiger partial charge in [-0.05, 0) is 91.7 Å². The zero-order chi connectivity index (χ0) is 25.3. The first-order valence-corrected chi connectivity index (χ1v) is 13.3. The van der Waals surface area contributed by atoms with Crippen molar-refractivity contribution in [3.8, 4) is 11.5 Å². The topological polar surface area (TPSA) is 82.0 Å². The molecule has 6 heteroatoms. The third-order valence-electron chi connectivity index (χ3n) is 9.54. The number of rotatable bonds is 5. The molecule has 1 aliphatic carbocycles. The van der Waals surface area contributed by atoms with Crippen LogP contribution in [0.5, 0.6) is 11.5 Å². The summed E-state index contributed by atoms with van der Waals surface area (Å²) in [5.74, 6) is 0.299. The van der Waals surface area contributed by atoms with E-state index in [0.29, 0.717) is 17.9 Å². The van der Waals surface area contributed by atoms with E-state index in [2.05, 4.69) is 46.6 Å². The number of hydrogen-bond donors (Lipinski definition) is 3. The smallest absolute Gasteiger partial charge is 0.251 e. The van der Waals surface area contributed by atoms with Gasteiger partial charge in [-0.3, -0.25) is 9.69 Å². The first kappa shape index (κ1) is 22.8. The average molecular weight is 497 g/mol.